The Balaban J connectivity index is 1.44. The van der Waals surface area contributed by atoms with Crippen LogP contribution in [0.1, 0.15) is 31.0 Å². The third kappa shape index (κ3) is 2.25. The summed E-state index contributed by atoms with van der Waals surface area (Å²) in [5.41, 5.74) is 0. The lowest BCUT2D eigenvalue weighted by molar-refractivity contribution is -0.125. The Morgan fingerprint density at radius 1 is 1.56 bits per heavy atom. The summed E-state index contributed by atoms with van der Waals surface area (Å²) in [5, 5.41) is 10.1. The van der Waals surface area contributed by atoms with Crippen LogP contribution in [0.25, 0.3) is 0 Å². The molecule has 1 aromatic rings. The SMILES string of the molecule is Cc1noc(CCNC(=O)C2CC3CCC2N3)n1. The van der Waals surface area contributed by atoms with Gasteiger partial charge >= 0.3 is 0 Å². The molecule has 2 saturated heterocycles. The first-order valence-electron chi connectivity index (χ1n) is 6.55. The molecule has 0 saturated carbocycles. The predicted molar refractivity (Wildman–Crippen MR) is 63.8 cm³/mol. The number of fused-ring (bicyclic) bond motifs is 2. The van der Waals surface area contributed by atoms with E-state index in [1.54, 1.807) is 6.92 Å². The molecule has 3 heterocycles. The van der Waals surface area contributed by atoms with E-state index in [0.717, 1.165) is 12.8 Å². The van der Waals surface area contributed by atoms with E-state index in [1.807, 2.05) is 0 Å². The van der Waals surface area contributed by atoms with Gasteiger partial charge in [-0.25, -0.2) is 0 Å². The molecule has 0 radical (unpaired) electrons. The predicted octanol–water partition coefficient (Wildman–Crippen LogP) is 0.177. The van der Waals surface area contributed by atoms with Crippen LogP contribution >= 0.6 is 0 Å². The summed E-state index contributed by atoms with van der Waals surface area (Å²) in [6.07, 6.45) is 3.93. The molecule has 2 aliphatic heterocycles. The minimum Gasteiger partial charge on any atom is -0.355 e. The number of aryl methyl sites for hydroxylation is 1. The molecule has 2 bridgehead atoms. The highest BCUT2D eigenvalue weighted by Crippen LogP contribution is 2.33. The highest BCUT2D eigenvalue weighted by Gasteiger charge is 2.42. The van der Waals surface area contributed by atoms with Crippen LogP contribution in [0.4, 0.5) is 0 Å². The molecule has 0 aliphatic carbocycles. The maximum atomic E-state index is 12.0. The first kappa shape index (κ1) is 11.6. The Hall–Kier alpha value is -1.43. The number of aromatic nitrogens is 2. The van der Waals surface area contributed by atoms with Gasteiger partial charge < -0.3 is 15.2 Å². The van der Waals surface area contributed by atoms with Gasteiger partial charge in [0.15, 0.2) is 5.82 Å². The summed E-state index contributed by atoms with van der Waals surface area (Å²) < 4.78 is 5.00. The number of hydrogen-bond acceptors (Lipinski definition) is 5. The van der Waals surface area contributed by atoms with E-state index < -0.39 is 0 Å². The van der Waals surface area contributed by atoms with E-state index in [2.05, 4.69) is 20.8 Å². The van der Waals surface area contributed by atoms with E-state index >= 15 is 0 Å². The van der Waals surface area contributed by atoms with E-state index in [-0.39, 0.29) is 11.8 Å². The average molecular weight is 250 g/mol. The quantitative estimate of drug-likeness (QED) is 0.796. The molecule has 0 aromatic carbocycles. The van der Waals surface area contributed by atoms with Crippen molar-refractivity contribution in [3.63, 3.8) is 0 Å². The van der Waals surface area contributed by atoms with Gasteiger partial charge in [-0.3, -0.25) is 4.79 Å². The second-order valence-corrected chi connectivity index (χ2v) is 5.17. The highest BCUT2D eigenvalue weighted by atomic mass is 16.5. The van der Waals surface area contributed by atoms with Gasteiger partial charge in [-0.2, -0.15) is 4.98 Å². The van der Waals surface area contributed by atoms with E-state index in [0.29, 0.717) is 36.8 Å². The third-order valence-electron chi connectivity index (χ3n) is 3.84. The summed E-state index contributed by atoms with van der Waals surface area (Å²) in [4.78, 5) is 16.1. The molecule has 3 rings (SSSR count). The largest absolute Gasteiger partial charge is 0.355 e. The summed E-state index contributed by atoms with van der Waals surface area (Å²) in [7, 11) is 0. The maximum absolute atomic E-state index is 12.0. The van der Waals surface area contributed by atoms with Gasteiger partial charge in [0.2, 0.25) is 11.8 Å². The zero-order valence-electron chi connectivity index (χ0n) is 10.5. The molecule has 6 heteroatoms. The van der Waals surface area contributed by atoms with Crippen LogP contribution < -0.4 is 10.6 Å². The van der Waals surface area contributed by atoms with Gasteiger partial charge in [0.25, 0.3) is 0 Å². The number of hydrogen-bond donors (Lipinski definition) is 2. The minimum atomic E-state index is 0.146. The Morgan fingerprint density at radius 3 is 3.06 bits per heavy atom. The van der Waals surface area contributed by atoms with Crippen molar-refractivity contribution >= 4 is 5.91 Å². The monoisotopic (exact) mass is 250 g/mol. The van der Waals surface area contributed by atoms with Crippen LogP contribution in [-0.4, -0.2) is 34.7 Å². The molecular formula is C12H18N4O2. The minimum absolute atomic E-state index is 0.146. The van der Waals surface area contributed by atoms with E-state index in [9.17, 15) is 4.79 Å². The molecule has 98 valence electrons. The van der Waals surface area contributed by atoms with Gasteiger partial charge in [0.05, 0.1) is 5.92 Å². The van der Waals surface area contributed by atoms with Gasteiger partial charge in [0, 0.05) is 25.0 Å². The molecule has 18 heavy (non-hydrogen) atoms. The van der Waals surface area contributed by atoms with Crippen molar-refractivity contribution in [3.8, 4) is 0 Å². The average Bonchev–Trinajstić information content (AvgIpc) is 3.05. The zero-order valence-corrected chi connectivity index (χ0v) is 10.5. The van der Waals surface area contributed by atoms with Crippen LogP contribution in [0.15, 0.2) is 4.52 Å². The standard InChI is InChI=1S/C12H18N4O2/c1-7-14-11(18-16-7)4-5-13-12(17)9-6-8-2-3-10(9)15-8/h8-10,15H,2-6H2,1H3,(H,13,17). The third-order valence-corrected chi connectivity index (χ3v) is 3.84. The van der Waals surface area contributed by atoms with Crippen molar-refractivity contribution in [2.24, 2.45) is 5.92 Å². The lowest BCUT2D eigenvalue weighted by atomic mass is 9.88. The molecule has 0 spiro atoms. The zero-order chi connectivity index (χ0) is 12.5. The molecule has 1 amide bonds. The first-order valence-corrected chi connectivity index (χ1v) is 6.55. The first-order chi connectivity index (χ1) is 8.72. The number of nitrogens with one attached hydrogen (secondary N) is 2. The van der Waals surface area contributed by atoms with Gasteiger partial charge in [-0.15, -0.1) is 0 Å². The summed E-state index contributed by atoms with van der Waals surface area (Å²) in [6.45, 7) is 2.35. The Morgan fingerprint density at radius 2 is 2.44 bits per heavy atom. The fourth-order valence-corrected chi connectivity index (χ4v) is 2.98. The van der Waals surface area contributed by atoms with Crippen LogP contribution in [0.2, 0.25) is 0 Å². The summed E-state index contributed by atoms with van der Waals surface area (Å²) in [5.74, 6) is 1.52. The molecular weight excluding hydrogens is 232 g/mol. The lowest BCUT2D eigenvalue weighted by Crippen LogP contribution is -2.38. The van der Waals surface area contributed by atoms with Crippen LogP contribution in [0.5, 0.6) is 0 Å². The van der Waals surface area contributed by atoms with Gasteiger partial charge in [0.1, 0.15) is 0 Å². The second kappa shape index (κ2) is 4.68. The van der Waals surface area contributed by atoms with E-state index in [1.165, 1.54) is 6.42 Å². The molecule has 6 nitrogen and oxygen atoms in total. The molecule has 2 aliphatic rings. The number of carbonyl (C=O) groups excluding carboxylic acids is 1. The molecule has 3 atom stereocenters. The van der Waals surface area contributed by atoms with Crippen LogP contribution in [-0.2, 0) is 11.2 Å². The normalized spacial score (nSPS) is 29.7. The number of rotatable bonds is 4. The number of carbonyl (C=O) groups is 1. The lowest BCUT2D eigenvalue weighted by Gasteiger charge is -2.19. The van der Waals surface area contributed by atoms with Crippen molar-refractivity contribution in [3.05, 3.63) is 11.7 Å². The Bertz CT molecular complexity index is 445. The van der Waals surface area contributed by atoms with Gasteiger partial charge in [-0.05, 0) is 26.2 Å². The van der Waals surface area contributed by atoms with Crippen molar-refractivity contribution < 1.29 is 9.32 Å². The van der Waals surface area contributed by atoms with Gasteiger partial charge in [-0.1, -0.05) is 5.16 Å². The van der Waals surface area contributed by atoms with Crippen molar-refractivity contribution in [2.45, 2.75) is 44.7 Å². The number of amides is 1. The smallest absolute Gasteiger partial charge is 0.228 e. The van der Waals surface area contributed by atoms with Crippen molar-refractivity contribution in [2.75, 3.05) is 6.54 Å². The fraction of sp³-hybridized carbons (Fsp3) is 0.750. The second-order valence-electron chi connectivity index (χ2n) is 5.17. The van der Waals surface area contributed by atoms with Crippen molar-refractivity contribution in [1.29, 1.82) is 0 Å². The number of nitrogens with zero attached hydrogens (tertiary/aromatic N) is 2. The Kier molecular flexibility index (Phi) is 3.03. The summed E-state index contributed by atoms with van der Waals surface area (Å²) in [6, 6.07) is 0.949. The molecule has 1 aromatic heterocycles. The molecule has 2 N–H and O–H groups in total. The highest BCUT2D eigenvalue weighted by molar-refractivity contribution is 5.80. The molecule has 3 unspecified atom stereocenters. The van der Waals surface area contributed by atoms with Crippen LogP contribution in [0, 0.1) is 12.8 Å². The topological polar surface area (TPSA) is 80.0 Å². The van der Waals surface area contributed by atoms with Crippen molar-refractivity contribution in [1.82, 2.24) is 20.8 Å². The Labute approximate surface area is 106 Å². The molecule has 2 fully saturated rings. The van der Waals surface area contributed by atoms with E-state index in [4.69, 9.17) is 4.52 Å². The summed E-state index contributed by atoms with van der Waals surface area (Å²) >= 11 is 0. The fourth-order valence-electron chi connectivity index (χ4n) is 2.98. The maximum Gasteiger partial charge on any atom is 0.228 e. The van der Waals surface area contributed by atoms with Crippen LogP contribution in [0.3, 0.4) is 0 Å².